The van der Waals surface area contributed by atoms with Gasteiger partial charge in [0.05, 0.1) is 17.3 Å². The zero-order chi connectivity index (χ0) is 21.4. The van der Waals surface area contributed by atoms with Crippen LogP contribution in [0.1, 0.15) is 26.5 Å². The number of carbonyl (C=O) groups excluding carboxylic acids is 2. The van der Waals surface area contributed by atoms with Crippen LogP contribution in [0.25, 0.3) is 0 Å². The van der Waals surface area contributed by atoms with Gasteiger partial charge in [0.25, 0.3) is 11.8 Å². The lowest BCUT2D eigenvalue weighted by Gasteiger charge is -2.28. The number of aromatic nitrogens is 2. The van der Waals surface area contributed by atoms with Crippen molar-refractivity contribution in [3.05, 3.63) is 85.5 Å². The predicted octanol–water partition coefficient (Wildman–Crippen LogP) is 3.51. The van der Waals surface area contributed by atoms with E-state index in [9.17, 15) is 14.4 Å². The molecule has 0 aliphatic carbocycles. The molecule has 0 saturated heterocycles. The van der Waals surface area contributed by atoms with Crippen molar-refractivity contribution in [2.45, 2.75) is 13.1 Å². The number of benzene rings is 2. The number of imidazole rings is 1. The maximum Gasteiger partial charge on any atom is 0.328 e. The number of hydrogen-bond donors (Lipinski definition) is 1. The molecule has 30 heavy (non-hydrogen) atoms. The van der Waals surface area contributed by atoms with Crippen molar-refractivity contribution >= 4 is 45.0 Å². The minimum Gasteiger partial charge on any atom is -0.331 e. The minimum atomic E-state index is -0.393. The predicted molar refractivity (Wildman–Crippen MR) is 118 cm³/mol. The summed E-state index contributed by atoms with van der Waals surface area (Å²) in [5.74, 6) is -0.600. The van der Waals surface area contributed by atoms with Crippen molar-refractivity contribution in [1.82, 2.24) is 14.0 Å². The fourth-order valence-corrected chi connectivity index (χ4v) is 3.99. The number of para-hydroxylation sites is 1. The van der Waals surface area contributed by atoms with Crippen molar-refractivity contribution in [3.8, 4) is 0 Å². The first-order valence-electron chi connectivity index (χ1n) is 9.26. The maximum absolute atomic E-state index is 13.0. The van der Waals surface area contributed by atoms with E-state index in [-0.39, 0.29) is 23.8 Å². The quantitative estimate of drug-likeness (QED) is 0.612. The molecule has 7 nitrogen and oxygen atoms in total. The van der Waals surface area contributed by atoms with Crippen molar-refractivity contribution in [2.75, 3.05) is 11.9 Å². The normalized spacial score (nSPS) is 13.1. The molecule has 1 aliphatic rings. The zero-order valence-electron chi connectivity index (χ0n) is 16.1. The molecular weight excluding hydrogens is 472 g/mol. The van der Waals surface area contributed by atoms with Crippen LogP contribution in [0.2, 0.25) is 5.02 Å². The molecule has 0 atom stereocenters. The lowest BCUT2D eigenvalue weighted by atomic mass is 10.1. The first-order valence-corrected chi connectivity index (χ1v) is 10.4. The second-order valence-electron chi connectivity index (χ2n) is 6.96. The van der Waals surface area contributed by atoms with E-state index in [0.717, 1.165) is 0 Å². The number of fused-ring (bicyclic) bond motifs is 1. The average Bonchev–Trinajstić information content (AvgIpc) is 3.00. The Labute approximate surface area is 186 Å². The second-order valence-corrected chi connectivity index (χ2v) is 8.23. The fourth-order valence-electron chi connectivity index (χ4n) is 3.57. The summed E-state index contributed by atoms with van der Waals surface area (Å²) in [6.07, 6.45) is 0. The number of halogens is 2. The van der Waals surface area contributed by atoms with Crippen molar-refractivity contribution in [2.24, 2.45) is 7.05 Å². The maximum atomic E-state index is 13.0. The number of hydrogen-bond acceptors (Lipinski definition) is 3. The van der Waals surface area contributed by atoms with Crippen LogP contribution in [0.5, 0.6) is 0 Å². The summed E-state index contributed by atoms with van der Waals surface area (Å²) >= 11 is 9.44. The van der Waals surface area contributed by atoms with Gasteiger partial charge in [-0.3, -0.25) is 18.7 Å². The molecule has 2 aromatic carbocycles. The summed E-state index contributed by atoms with van der Waals surface area (Å²) in [5, 5.41) is 3.26. The number of amides is 2. The standard InChI is InChI=1S/C21H18BrClN4O3/c1-25-18(19(28)24-14-5-3-2-4-6-14)17-12-26(9-10-27(17)21(25)30)20(29)13-7-8-15(22)16(23)11-13/h2-8,11H,9-10,12H2,1H3,(H,24,28). The highest BCUT2D eigenvalue weighted by molar-refractivity contribution is 9.10. The van der Waals surface area contributed by atoms with Gasteiger partial charge in [-0.05, 0) is 46.3 Å². The van der Waals surface area contributed by atoms with Gasteiger partial charge in [-0.25, -0.2) is 4.79 Å². The molecule has 2 heterocycles. The van der Waals surface area contributed by atoms with Crippen LogP contribution in [-0.4, -0.2) is 32.4 Å². The number of nitrogens with zero attached hydrogens (tertiary/aromatic N) is 3. The van der Waals surface area contributed by atoms with Gasteiger partial charge in [0.15, 0.2) is 0 Å². The molecule has 1 aliphatic heterocycles. The molecule has 0 radical (unpaired) electrons. The molecule has 1 N–H and O–H groups in total. The topological polar surface area (TPSA) is 76.3 Å². The van der Waals surface area contributed by atoms with E-state index in [1.807, 2.05) is 18.2 Å². The van der Waals surface area contributed by atoms with Crippen LogP contribution in [0.15, 0.2) is 57.8 Å². The SMILES string of the molecule is Cn1c(C(=O)Nc2ccccc2)c2n(c1=O)CCN(C(=O)c1ccc(Br)c(Cl)c1)C2. The fraction of sp³-hybridized carbons (Fsp3) is 0.190. The third-order valence-electron chi connectivity index (χ3n) is 5.09. The van der Waals surface area contributed by atoms with E-state index in [2.05, 4.69) is 21.2 Å². The molecule has 1 aromatic heterocycles. The summed E-state index contributed by atoms with van der Waals surface area (Å²) in [5.41, 5.74) is 1.56. The molecular formula is C21H18BrClN4O3. The number of nitrogens with one attached hydrogen (secondary N) is 1. The summed E-state index contributed by atoms with van der Waals surface area (Å²) in [4.78, 5) is 40.2. The highest BCUT2D eigenvalue weighted by atomic mass is 79.9. The van der Waals surface area contributed by atoms with Gasteiger partial charge in [0.2, 0.25) is 0 Å². The van der Waals surface area contributed by atoms with Crippen LogP contribution < -0.4 is 11.0 Å². The van der Waals surface area contributed by atoms with Gasteiger partial charge in [-0.2, -0.15) is 0 Å². The van der Waals surface area contributed by atoms with E-state index in [1.165, 1.54) is 4.57 Å². The summed E-state index contributed by atoms with van der Waals surface area (Å²) in [7, 11) is 1.56. The third kappa shape index (κ3) is 3.68. The molecule has 154 valence electrons. The van der Waals surface area contributed by atoms with Gasteiger partial charge in [0.1, 0.15) is 5.69 Å². The van der Waals surface area contributed by atoms with Crippen molar-refractivity contribution in [3.63, 3.8) is 0 Å². The van der Waals surface area contributed by atoms with Crippen molar-refractivity contribution < 1.29 is 9.59 Å². The summed E-state index contributed by atoms with van der Waals surface area (Å²) < 4.78 is 3.59. The van der Waals surface area contributed by atoms with Crippen LogP contribution in [0, 0.1) is 0 Å². The van der Waals surface area contributed by atoms with Crippen LogP contribution in [-0.2, 0) is 20.1 Å². The Bertz CT molecular complexity index is 1200. The van der Waals surface area contributed by atoms with E-state index in [4.69, 9.17) is 11.6 Å². The Morgan fingerprint density at radius 2 is 1.83 bits per heavy atom. The molecule has 0 bridgehead atoms. The highest BCUT2D eigenvalue weighted by Gasteiger charge is 2.30. The van der Waals surface area contributed by atoms with Crippen LogP contribution in [0.4, 0.5) is 5.69 Å². The zero-order valence-corrected chi connectivity index (χ0v) is 18.4. The molecule has 0 unspecified atom stereocenters. The smallest absolute Gasteiger partial charge is 0.328 e. The Morgan fingerprint density at radius 1 is 1.10 bits per heavy atom. The Balaban J connectivity index is 1.65. The Hall–Kier alpha value is -2.84. The average molecular weight is 490 g/mol. The number of rotatable bonds is 3. The number of anilines is 1. The molecule has 0 fully saturated rings. The minimum absolute atomic E-state index is 0.153. The van der Waals surface area contributed by atoms with Gasteiger partial charge < -0.3 is 10.2 Å². The second kappa shape index (κ2) is 8.12. The summed E-state index contributed by atoms with van der Waals surface area (Å²) in [6, 6.07) is 14.0. The summed E-state index contributed by atoms with van der Waals surface area (Å²) in [6.45, 7) is 0.833. The third-order valence-corrected chi connectivity index (χ3v) is 6.32. The van der Waals surface area contributed by atoms with Gasteiger partial charge in [-0.1, -0.05) is 29.8 Å². The van der Waals surface area contributed by atoms with Crippen molar-refractivity contribution in [1.29, 1.82) is 0 Å². The van der Waals surface area contributed by atoms with Gasteiger partial charge in [-0.15, -0.1) is 0 Å². The van der Waals surface area contributed by atoms with E-state index in [1.54, 1.807) is 46.8 Å². The first-order chi connectivity index (χ1) is 14.4. The molecule has 2 amide bonds. The number of carbonyl (C=O) groups is 2. The molecule has 0 saturated carbocycles. The van der Waals surface area contributed by atoms with Gasteiger partial charge >= 0.3 is 5.69 Å². The lowest BCUT2D eigenvalue weighted by molar-refractivity contribution is 0.0707. The molecule has 3 aromatic rings. The Morgan fingerprint density at radius 3 is 2.53 bits per heavy atom. The Kier molecular flexibility index (Phi) is 5.53. The molecule has 9 heteroatoms. The highest BCUT2D eigenvalue weighted by Crippen LogP contribution is 2.25. The molecule has 4 rings (SSSR count). The largest absolute Gasteiger partial charge is 0.331 e. The van der Waals surface area contributed by atoms with E-state index >= 15 is 0 Å². The van der Waals surface area contributed by atoms with E-state index in [0.29, 0.717) is 39.5 Å². The van der Waals surface area contributed by atoms with Crippen LogP contribution >= 0.6 is 27.5 Å². The monoisotopic (exact) mass is 488 g/mol. The molecule has 0 spiro atoms. The lowest BCUT2D eigenvalue weighted by Crippen LogP contribution is -2.41. The van der Waals surface area contributed by atoms with Crippen LogP contribution in [0.3, 0.4) is 0 Å². The van der Waals surface area contributed by atoms with E-state index < -0.39 is 5.91 Å². The van der Waals surface area contributed by atoms with Gasteiger partial charge in [0, 0.05) is 35.9 Å². The first kappa shape index (κ1) is 20.4.